The average Bonchev–Trinajstić information content (AvgIpc) is 2.49. The van der Waals surface area contributed by atoms with Gasteiger partial charge in [0.05, 0.1) is 6.10 Å². The number of aliphatic hydroxyl groups excluding tert-OH is 1. The zero-order valence-electron chi connectivity index (χ0n) is 10.8. The SMILES string of the molecule is OC(CNCCSc1ccccc1)c1ccccc1. The quantitative estimate of drug-likeness (QED) is 0.600. The second-order valence-corrected chi connectivity index (χ2v) is 5.46. The second-order valence-electron chi connectivity index (χ2n) is 4.29. The molecule has 100 valence electrons. The zero-order chi connectivity index (χ0) is 13.3. The fourth-order valence-corrected chi connectivity index (χ4v) is 2.62. The number of rotatable bonds is 7. The van der Waals surface area contributed by atoms with Gasteiger partial charge in [-0.25, -0.2) is 0 Å². The van der Waals surface area contributed by atoms with Crippen LogP contribution in [0, 0.1) is 0 Å². The van der Waals surface area contributed by atoms with Crippen LogP contribution in [0.1, 0.15) is 11.7 Å². The lowest BCUT2D eigenvalue weighted by Gasteiger charge is -2.11. The summed E-state index contributed by atoms with van der Waals surface area (Å²) >= 11 is 1.82. The average molecular weight is 273 g/mol. The van der Waals surface area contributed by atoms with E-state index in [1.54, 1.807) is 0 Å². The van der Waals surface area contributed by atoms with Crippen molar-refractivity contribution >= 4 is 11.8 Å². The van der Waals surface area contributed by atoms with Crippen LogP contribution in [0.5, 0.6) is 0 Å². The van der Waals surface area contributed by atoms with E-state index in [1.807, 2.05) is 48.2 Å². The predicted molar refractivity (Wildman–Crippen MR) is 81.4 cm³/mol. The molecule has 2 N–H and O–H groups in total. The van der Waals surface area contributed by atoms with Crippen LogP contribution in [0.15, 0.2) is 65.6 Å². The molecular weight excluding hydrogens is 254 g/mol. The van der Waals surface area contributed by atoms with Crippen LogP contribution in [0.25, 0.3) is 0 Å². The molecular formula is C16H19NOS. The van der Waals surface area contributed by atoms with E-state index >= 15 is 0 Å². The van der Waals surface area contributed by atoms with Crippen molar-refractivity contribution in [1.29, 1.82) is 0 Å². The third-order valence-electron chi connectivity index (χ3n) is 2.81. The molecule has 0 bridgehead atoms. The lowest BCUT2D eigenvalue weighted by molar-refractivity contribution is 0.176. The molecule has 0 aliphatic carbocycles. The molecule has 0 fully saturated rings. The Morgan fingerprint density at radius 2 is 1.58 bits per heavy atom. The monoisotopic (exact) mass is 273 g/mol. The highest BCUT2D eigenvalue weighted by molar-refractivity contribution is 7.99. The van der Waals surface area contributed by atoms with Gasteiger partial charge in [0.2, 0.25) is 0 Å². The van der Waals surface area contributed by atoms with Gasteiger partial charge in [0.15, 0.2) is 0 Å². The number of hydrogen-bond donors (Lipinski definition) is 2. The third kappa shape index (κ3) is 5.07. The topological polar surface area (TPSA) is 32.3 Å². The highest BCUT2D eigenvalue weighted by Crippen LogP contribution is 2.16. The van der Waals surface area contributed by atoms with Crippen LogP contribution in [-0.4, -0.2) is 23.9 Å². The molecule has 0 aliphatic rings. The highest BCUT2D eigenvalue weighted by atomic mass is 32.2. The molecule has 3 heteroatoms. The first-order valence-corrected chi connectivity index (χ1v) is 7.46. The fourth-order valence-electron chi connectivity index (χ4n) is 1.79. The molecule has 0 heterocycles. The molecule has 19 heavy (non-hydrogen) atoms. The van der Waals surface area contributed by atoms with E-state index in [-0.39, 0.29) is 0 Å². The van der Waals surface area contributed by atoms with E-state index in [4.69, 9.17) is 0 Å². The van der Waals surface area contributed by atoms with E-state index in [0.29, 0.717) is 6.54 Å². The Bertz CT molecular complexity index is 461. The molecule has 2 aromatic carbocycles. The summed E-state index contributed by atoms with van der Waals surface area (Å²) in [5.41, 5.74) is 0.964. The van der Waals surface area contributed by atoms with Crippen molar-refractivity contribution in [2.75, 3.05) is 18.8 Å². The van der Waals surface area contributed by atoms with Crippen molar-refractivity contribution in [2.45, 2.75) is 11.0 Å². The minimum atomic E-state index is -0.428. The summed E-state index contributed by atoms with van der Waals surface area (Å²) in [5.74, 6) is 1.01. The maximum atomic E-state index is 9.97. The van der Waals surface area contributed by atoms with Gasteiger partial charge in [-0.1, -0.05) is 48.5 Å². The number of nitrogens with one attached hydrogen (secondary N) is 1. The smallest absolute Gasteiger partial charge is 0.0914 e. The Hall–Kier alpha value is -1.29. The Morgan fingerprint density at radius 1 is 0.947 bits per heavy atom. The molecule has 2 aromatic rings. The molecule has 1 atom stereocenters. The minimum Gasteiger partial charge on any atom is -0.387 e. The van der Waals surface area contributed by atoms with Crippen molar-refractivity contribution in [3.63, 3.8) is 0 Å². The number of benzene rings is 2. The first-order valence-electron chi connectivity index (χ1n) is 6.48. The van der Waals surface area contributed by atoms with E-state index < -0.39 is 6.10 Å². The van der Waals surface area contributed by atoms with Gasteiger partial charge in [-0.2, -0.15) is 0 Å². The van der Waals surface area contributed by atoms with Gasteiger partial charge >= 0.3 is 0 Å². The molecule has 0 spiro atoms. The summed E-state index contributed by atoms with van der Waals surface area (Å²) in [6, 6.07) is 20.1. The van der Waals surface area contributed by atoms with Crippen molar-refractivity contribution < 1.29 is 5.11 Å². The van der Waals surface area contributed by atoms with Crippen LogP contribution < -0.4 is 5.32 Å². The first-order chi connectivity index (χ1) is 9.36. The standard InChI is InChI=1S/C16H19NOS/c18-16(14-7-3-1-4-8-14)13-17-11-12-19-15-9-5-2-6-10-15/h1-10,16-18H,11-13H2. The molecule has 1 unspecified atom stereocenters. The van der Waals surface area contributed by atoms with Crippen LogP contribution in [0.2, 0.25) is 0 Å². The van der Waals surface area contributed by atoms with Gasteiger partial charge in [-0.3, -0.25) is 0 Å². The molecule has 0 radical (unpaired) electrons. The van der Waals surface area contributed by atoms with Gasteiger partial charge in [0.25, 0.3) is 0 Å². The van der Waals surface area contributed by atoms with Crippen LogP contribution >= 0.6 is 11.8 Å². The van der Waals surface area contributed by atoms with Gasteiger partial charge in [-0.15, -0.1) is 11.8 Å². The largest absolute Gasteiger partial charge is 0.387 e. The Kier molecular flexibility index (Phi) is 5.95. The minimum absolute atomic E-state index is 0.428. The van der Waals surface area contributed by atoms with Gasteiger partial charge in [-0.05, 0) is 17.7 Å². The van der Waals surface area contributed by atoms with Crippen molar-refractivity contribution in [3.05, 3.63) is 66.2 Å². The summed E-state index contributed by atoms with van der Waals surface area (Å²) in [7, 11) is 0. The van der Waals surface area contributed by atoms with E-state index in [0.717, 1.165) is 17.9 Å². The summed E-state index contributed by atoms with van der Waals surface area (Å²) in [6.45, 7) is 1.49. The lowest BCUT2D eigenvalue weighted by atomic mass is 10.1. The maximum Gasteiger partial charge on any atom is 0.0914 e. The maximum absolute atomic E-state index is 9.97. The highest BCUT2D eigenvalue weighted by Gasteiger charge is 2.05. The van der Waals surface area contributed by atoms with E-state index in [1.165, 1.54) is 4.90 Å². The molecule has 0 saturated carbocycles. The molecule has 2 nitrogen and oxygen atoms in total. The third-order valence-corrected chi connectivity index (χ3v) is 3.83. The zero-order valence-corrected chi connectivity index (χ0v) is 11.6. The number of thioether (sulfide) groups is 1. The normalized spacial score (nSPS) is 12.3. The van der Waals surface area contributed by atoms with Crippen LogP contribution in [-0.2, 0) is 0 Å². The van der Waals surface area contributed by atoms with Crippen LogP contribution in [0.4, 0.5) is 0 Å². The summed E-state index contributed by atoms with van der Waals surface area (Å²) in [5, 5.41) is 13.3. The molecule has 0 saturated heterocycles. The van der Waals surface area contributed by atoms with E-state index in [2.05, 4.69) is 29.6 Å². The predicted octanol–water partition coefficient (Wildman–Crippen LogP) is 3.10. The van der Waals surface area contributed by atoms with E-state index in [9.17, 15) is 5.11 Å². The first kappa shape index (κ1) is 14.1. The van der Waals surface area contributed by atoms with Crippen molar-refractivity contribution in [1.82, 2.24) is 5.32 Å². The molecule has 0 amide bonds. The Labute approximate surface area is 118 Å². The van der Waals surface area contributed by atoms with Gasteiger partial charge in [0, 0.05) is 23.7 Å². The second kappa shape index (κ2) is 8.00. The summed E-state index contributed by atoms with van der Waals surface area (Å²) in [6.07, 6.45) is -0.428. The summed E-state index contributed by atoms with van der Waals surface area (Å²) in [4.78, 5) is 1.29. The number of aliphatic hydroxyl groups is 1. The molecule has 0 aromatic heterocycles. The van der Waals surface area contributed by atoms with Crippen LogP contribution in [0.3, 0.4) is 0 Å². The lowest BCUT2D eigenvalue weighted by Crippen LogP contribution is -2.23. The molecule has 0 aliphatic heterocycles. The van der Waals surface area contributed by atoms with Crippen molar-refractivity contribution in [3.8, 4) is 0 Å². The molecule has 2 rings (SSSR count). The Balaban J connectivity index is 1.62. The fraction of sp³-hybridized carbons (Fsp3) is 0.250. The van der Waals surface area contributed by atoms with Gasteiger partial charge in [0.1, 0.15) is 0 Å². The van der Waals surface area contributed by atoms with Crippen molar-refractivity contribution in [2.24, 2.45) is 0 Å². The number of hydrogen-bond acceptors (Lipinski definition) is 3. The Morgan fingerprint density at radius 3 is 2.26 bits per heavy atom. The van der Waals surface area contributed by atoms with Gasteiger partial charge < -0.3 is 10.4 Å². The summed E-state index contributed by atoms with van der Waals surface area (Å²) < 4.78 is 0.